The highest BCUT2D eigenvalue weighted by Crippen LogP contribution is 2.13. The van der Waals surface area contributed by atoms with Gasteiger partial charge in [0.25, 0.3) is 0 Å². The highest BCUT2D eigenvalue weighted by Gasteiger charge is 2.18. The number of nitrogens with zero attached hydrogens (tertiary/aromatic N) is 1. The van der Waals surface area contributed by atoms with Crippen molar-refractivity contribution in [1.82, 2.24) is 10.2 Å². The molecule has 0 saturated carbocycles. The number of benzene rings is 1. The lowest BCUT2D eigenvalue weighted by Crippen LogP contribution is -2.42. The Morgan fingerprint density at radius 3 is 2.60 bits per heavy atom. The van der Waals surface area contributed by atoms with Crippen LogP contribution in [0.15, 0.2) is 30.3 Å². The van der Waals surface area contributed by atoms with Gasteiger partial charge in [-0.15, -0.1) is 0 Å². The number of nitrogens with one attached hydrogen (secondary N) is 1. The summed E-state index contributed by atoms with van der Waals surface area (Å²) in [4.78, 5) is 2.58. The zero-order valence-corrected chi connectivity index (χ0v) is 13.5. The van der Waals surface area contributed by atoms with Gasteiger partial charge in [0.2, 0.25) is 0 Å². The normalized spacial score (nSPS) is 17.4. The Bertz CT molecular complexity index is 347. The van der Waals surface area contributed by atoms with Gasteiger partial charge >= 0.3 is 0 Å². The van der Waals surface area contributed by atoms with Crippen LogP contribution in [0.3, 0.4) is 0 Å². The number of rotatable bonds is 8. The van der Waals surface area contributed by atoms with Crippen molar-refractivity contribution >= 4 is 11.8 Å². The first kappa shape index (κ1) is 15.9. The maximum absolute atomic E-state index is 3.73. The predicted octanol–water partition coefficient (Wildman–Crippen LogP) is 3.38. The number of thioether (sulfide) groups is 1. The van der Waals surface area contributed by atoms with E-state index < -0.39 is 0 Å². The van der Waals surface area contributed by atoms with Gasteiger partial charge in [-0.2, -0.15) is 11.8 Å². The molecule has 20 heavy (non-hydrogen) atoms. The summed E-state index contributed by atoms with van der Waals surface area (Å²) in [5.74, 6) is 1.30. The molecule has 1 aromatic rings. The molecule has 0 radical (unpaired) electrons. The van der Waals surface area contributed by atoms with E-state index in [4.69, 9.17) is 0 Å². The summed E-state index contributed by atoms with van der Waals surface area (Å²) >= 11 is 1.95. The molecule has 0 aromatic heterocycles. The Morgan fingerprint density at radius 1 is 1.15 bits per heavy atom. The molecular formula is C17H28N2S. The van der Waals surface area contributed by atoms with Crippen LogP contribution >= 0.6 is 11.8 Å². The van der Waals surface area contributed by atoms with Crippen LogP contribution < -0.4 is 5.32 Å². The lowest BCUT2D eigenvalue weighted by molar-refractivity contribution is 0.190. The van der Waals surface area contributed by atoms with Gasteiger partial charge < -0.3 is 5.32 Å². The minimum atomic E-state index is 0.747. The monoisotopic (exact) mass is 292 g/mol. The molecule has 0 atom stereocenters. The second kappa shape index (κ2) is 9.43. The van der Waals surface area contributed by atoms with Gasteiger partial charge in [0.05, 0.1) is 0 Å². The third-order valence-corrected chi connectivity index (χ3v) is 4.74. The van der Waals surface area contributed by atoms with E-state index in [1.165, 1.54) is 56.6 Å². The Labute approximate surface area is 128 Å². The van der Waals surface area contributed by atoms with Crippen molar-refractivity contribution in [1.29, 1.82) is 0 Å². The minimum Gasteiger partial charge on any atom is -0.314 e. The summed E-state index contributed by atoms with van der Waals surface area (Å²) in [7, 11) is 0. The van der Waals surface area contributed by atoms with E-state index in [1.54, 1.807) is 0 Å². The molecule has 3 heteroatoms. The fourth-order valence-electron chi connectivity index (χ4n) is 2.81. The first-order valence-corrected chi connectivity index (χ1v) is 9.26. The van der Waals surface area contributed by atoms with E-state index in [1.807, 2.05) is 11.8 Å². The number of unbranched alkanes of at least 4 members (excludes halogenated alkanes) is 1. The highest BCUT2D eigenvalue weighted by molar-refractivity contribution is 7.98. The van der Waals surface area contributed by atoms with Crippen molar-refractivity contribution in [3.8, 4) is 0 Å². The quantitative estimate of drug-likeness (QED) is 0.740. The Morgan fingerprint density at radius 2 is 1.90 bits per heavy atom. The topological polar surface area (TPSA) is 15.3 Å². The Balaban J connectivity index is 1.58. The molecule has 0 amide bonds. The van der Waals surface area contributed by atoms with E-state index in [0.29, 0.717) is 0 Å². The molecule has 1 aromatic carbocycles. The molecule has 1 saturated heterocycles. The molecule has 0 spiro atoms. The van der Waals surface area contributed by atoms with Crippen LogP contribution in [-0.4, -0.2) is 42.6 Å². The maximum atomic E-state index is 3.73. The first-order valence-electron chi connectivity index (χ1n) is 7.87. The van der Waals surface area contributed by atoms with E-state index in [0.717, 1.165) is 12.6 Å². The van der Waals surface area contributed by atoms with Crippen molar-refractivity contribution < 1.29 is 0 Å². The summed E-state index contributed by atoms with van der Waals surface area (Å²) in [6.45, 7) is 4.78. The number of hydrogen-bond donors (Lipinski definition) is 1. The molecule has 1 aliphatic rings. The van der Waals surface area contributed by atoms with Crippen molar-refractivity contribution in [2.24, 2.45) is 0 Å². The lowest BCUT2D eigenvalue weighted by Gasteiger charge is -2.32. The van der Waals surface area contributed by atoms with E-state index in [-0.39, 0.29) is 0 Å². The summed E-state index contributed by atoms with van der Waals surface area (Å²) in [5.41, 5.74) is 1.44. The van der Waals surface area contributed by atoms with Gasteiger partial charge in [-0.25, -0.2) is 0 Å². The molecule has 1 fully saturated rings. The van der Waals surface area contributed by atoms with Gasteiger partial charge in [-0.05, 0) is 62.9 Å². The van der Waals surface area contributed by atoms with E-state index >= 15 is 0 Å². The third kappa shape index (κ3) is 5.86. The number of piperidine rings is 1. The standard InChI is InChI=1S/C17H28N2S/c1-20-14-6-5-11-18-17-9-12-19(13-10-17)15-16-7-3-2-4-8-16/h2-4,7-8,17-18H,5-6,9-15H2,1H3. The van der Waals surface area contributed by atoms with Gasteiger partial charge in [0, 0.05) is 12.6 Å². The molecule has 1 N–H and O–H groups in total. The Kier molecular flexibility index (Phi) is 7.48. The van der Waals surface area contributed by atoms with Crippen LogP contribution in [0.1, 0.15) is 31.2 Å². The van der Waals surface area contributed by atoms with Crippen LogP contribution in [-0.2, 0) is 6.54 Å². The van der Waals surface area contributed by atoms with Gasteiger partial charge in [0.15, 0.2) is 0 Å². The average Bonchev–Trinajstić information content (AvgIpc) is 2.50. The van der Waals surface area contributed by atoms with Crippen molar-refractivity contribution in [2.75, 3.05) is 31.6 Å². The predicted molar refractivity (Wildman–Crippen MR) is 90.4 cm³/mol. The molecule has 0 bridgehead atoms. The molecule has 2 nitrogen and oxygen atoms in total. The second-order valence-corrected chi connectivity index (χ2v) is 6.68. The summed E-state index contributed by atoms with van der Waals surface area (Å²) < 4.78 is 0. The molecule has 1 heterocycles. The van der Waals surface area contributed by atoms with Crippen LogP contribution in [0.5, 0.6) is 0 Å². The van der Waals surface area contributed by atoms with Gasteiger partial charge in [-0.3, -0.25) is 4.90 Å². The zero-order chi connectivity index (χ0) is 14.0. The smallest absolute Gasteiger partial charge is 0.0233 e. The number of hydrogen-bond acceptors (Lipinski definition) is 3. The molecule has 0 aliphatic carbocycles. The van der Waals surface area contributed by atoms with Crippen LogP contribution in [0.2, 0.25) is 0 Å². The third-order valence-electron chi connectivity index (χ3n) is 4.04. The van der Waals surface area contributed by atoms with Crippen LogP contribution in [0.4, 0.5) is 0 Å². The summed E-state index contributed by atoms with van der Waals surface area (Å²) in [6, 6.07) is 11.6. The summed E-state index contributed by atoms with van der Waals surface area (Å²) in [5, 5.41) is 3.73. The molecule has 2 rings (SSSR count). The fourth-order valence-corrected chi connectivity index (χ4v) is 3.31. The molecule has 112 valence electrons. The fraction of sp³-hybridized carbons (Fsp3) is 0.647. The van der Waals surface area contributed by atoms with Crippen LogP contribution in [0, 0.1) is 0 Å². The average molecular weight is 292 g/mol. The van der Waals surface area contributed by atoms with E-state index in [2.05, 4.69) is 46.8 Å². The first-order chi connectivity index (χ1) is 9.88. The van der Waals surface area contributed by atoms with Crippen LogP contribution in [0.25, 0.3) is 0 Å². The number of likely N-dealkylation sites (tertiary alicyclic amines) is 1. The SMILES string of the molecule is CSCCCCNC1CCN(Cc2ccccc2)CC1. The molecule has 0 unspecified atom stereocenters. The van der Waals surface area contributed by atoms with Crippen molar-refractivity contribution in [2.45, 2.75) is 38.3 Å². The van der Waals surface area contributed by atoms with Gasteiger partial charge in [-0.1, -0.05) is 30.3 Å². The second-order valence-electron chi connectivity index (χ2n) is 5.69. The van der Waals surface area contributed by atoms with Crippen molar-refractivity contribution in [3.63, 3.8) is 0 Å². The van der Waals surface area contributed by atoms with Gasteiger partial charge in [0.1, 0.15) is 0 Å². The van der Waals surface area contributed by atoms with E-state index in [9.17, 15) is 0 Å². The molecular weight excluding hydrogens is 264 g/mol. The lowest BCUT2D eigenvalue weighted by atomic mass is 10.0. The largest absolute Gasteiger partial charge is 0.314 e. The van der Waals surface area contributed by atoms with Crippen molar-refractivity contribution in [3.05, 3.63) is 35.9 Å². The zero-order valence-electron chi connectivity index (χ0n) is 12.7. The highest BCUT2D eigenvalue weighted by atomic mass is 32.2. The molecule has 1 aliphatic heterocycles. The summed E-state index contributed by atoms with van der Waals surface area (Å²) in [6.07, 6.45) is 7.46. The Hall–Kier alpha value is -0.510. The maximum Gasteiger partial charge on any atom is 0.0233 e. The minimum absolute atomic E-state index is 0.747.